The number of alkyl carbamates (subject to hydrolysis) is 1. The lowest BCUT2D eigenvalue weighted by Crippen LogP contribution is -2.34. The Balaban J connectivity index is 0. The number of rotatable bonds is 35. The number of unbranched alkanes of at least 4 members (excludes halogenated alkanes) is 8. The lowest BCUT2D eigenvalue weighted by Gasteiger charge is -2.21. The molecule has 2 N–H and O–H groups in total. The molecular weight excluding hydrogens is 729 g/mol. The number of aliphatic hydroxyl groups is 1. The van der Waals surface area contributed by atoms with E-state index in [9.17, 15) is 9.36 Å². The molecule has 0 heterocycles. The Kier molecular flexibility index (Phi) is 37.0. The molecule has 0 radical (unpaired) electrons. The fourth-order valence-corrected chi connectivity index (χ4v) is 6.11. The summed E-state index contributed by atoms with van der Waals surface area (Å²) in [6.07, 6.45) is 18.1. The van der Waals surface area contributed by atoms with Crippen molar-refractivity contribution in [2.75, 3.05) is 59.4 Å². The smallest absolute Gasteiger partial charge is 0.444 e. The highest BCUT2D eigenvalue weighted by Crippen LogP contribution is 2.49. The fraction of sp³-hybridized carbons (Fsp3) is 0.921. The van der Waals surface area contributed by atoms with Crippen LogP contribution in [-0.2, 0) is 32.3 Å². The molecule has 322 valence electrons. The van der Waals surface area contributed by atoms with Gasteiger partial charge in [-0.1, -0.05) is 121 Å². The molecule has 0 aromatic carbocycles. The highest BCUT2D eigenvalue weighted by atomic mass is 31.2. The lowest BCUT2D eigenvalue weighted by molar-refractivity contribution is 0.0503. The topological polar surface area (TPSA) is 219 Å². The predicted molar refractivity (Wildman–Crippen MR) is 219 cm³/mol. The van der Waals surface area contributed by atoms with E-state index in [4.69, 9.17) is 44.0 Å². The highest BCUT2D eigenvalue weighted by molar-refractivity contribution is 7.48. The first-order chi connectivity index (χ1) is 26.3. The molecular formula is C38H76N7O9P. The SMILES string of the molecule is C=CCOP(=O)(OCCNC(=O)OC(C)(C)C)OCC(COCC[C@H](C)CCCCCCC)N=[N+]=[N-].CCCCCCC[C@@H](C)CCOCC(CO)N=[N+]=[N-]. The molecule has 0 aliphatic heterocycles. The van der Waals surface area contributed by atoms with E-state index in [0.717, 1.165) is 12.8 Å². The summed E-state index contributed by atoms with van der Waals surface area (Å²) >= 11 is 0. The van der Waals surface area contributed by atoms with E-state index in [2.05, 4.69) is 59.6 Å². The Morgan fingerprint density at radius 3 is 1.76 bits per heavy atom. The van der Waals surface area contributed by atoms with Crippen LogP contribution in [0.15, 0.2) is 22.9 Å². The van der Waals surface area contributed by atoms with Crippen molar-refractivity contribution in [3.63, 3.8) is 0 Å². The largest absolute Gasteiger partial charge is 0.475 e. The number of nitrogens with one attached hydrogen (secondary N) is 1. The number of carbonyl (C=O) groups excluding carboxylic acids is 1. The molecule has 0 aromatic heterocycles. The highest BCUT2D eigenvalue weighted by Gasteiger charge is 2.28. The zero-order valence-electron chi connectivity index (χ0n) is 35.2. The lowest BCUT2D eigenvalue weighted by atomic mass is 9.99. The maximum atomic E-state index is 12.9. The van der Waals surface area contributed by atoms with E-state index in [1.165, 1.54) is 83.1 Å². The summed E-state index contributed by atoms with van der Waals surface area (Å²) in [7, 11) is -3.99. The average molecular weight is 806 g/mol. The van der Waals surface area contributed by atoms with Crippen LogP contribution in [0.25, 0.3) is 20.9 Å². The molecule has 55 heavy (non-hydrogen) atoms. The van der Waals surface area contributed by atoms with Gasteiger partial charge in [0, 0.05) is 29.6 Å². The molecule has 0 aromatic rings. The van der Waals surface area contributed by atoms with E-state index in [1.807, 2.05) is 0 Å². The first kappa shape index (κ1) is 54.7. The van der Waals surface area contributed by atoms with Crippen molar-refractivity contribution in [1.29, 1.82) is 0 Å². The summed E-state index contributed by atoms with van der Waals surface area (Å²) in [5.41, 5.74) is 16.5. The number of nitrogens with zero attached hydrogens (tertiary/aromatic N) is 6. The van der Waals surface area contributed by atoms with E-state index in [0.29, 0.717) is 31.7 Å². The maximum absolute atomic E-state index is 12.9. The Bertz CT molecular complexity index is 1090. The van der Waals surface area contributed by atoms with Crippen LogP contribution in [0.5, 0.6) is 0 Å². The van der Waals surface area contributed by atoms with Gasteiger partial charge in [0.1, 0.15) is 5.60 Å². The third-order valence-corrected chi connectivity index (χ3v) is 9.60. The van der Waals surface area contributed by atoms with Crippen LogP contribution in [0, 0.1) is 11.8 Å². The number of aliphatic hydroxyl groups excluding tert-OH is 1. The fourth-order valence-electron chi connectivity index (χ4n) is 4.93. The standard InChI is InChI=1S/C24H47N4O7P.C14H29N3O2/c1-7-9-10-11-12-13-21(3)14-17-31-19-22(27-28-25)20-34-36(30,32-16-8-2)33-18-15-26-23(29)35-24(4,5)6;1-3-4-5-6-7-8-13(2)9-10-19-12-14(11-18)16-17-15/h8,21-22H,2,7,9-20H2,1,3-6H3,(H,26,29);13-14,18H,3-12H2,1-2H3/t21-,22?,36?;13-,14?/m11/s1. The predicted octanol–water partition coefficient (Wildman–Crippen LogP) is 11.0. The van der Waals surface area contributed by atoms with Crippen LogP contribution >= 0.6 is 7.82 Å². The van der Waals surface area contributed by atoms with Crippen LogP contribution in [0.4, 0.5) is 4.79 Å². The second kappa shape index (κ2) is 37.2. The third kappa shape index (κ3) is 38.3. The van der Waals surface area contributed by atoms with Gasteiger partial charge in [0.2, 0.25) is 0 Å². The normalized spacial score (nSPS) is 14.5. The number of phosphoric acid groups is 1. The molecule has 17 heteroatoms. The summed E-state index contributed by atoms with van der Waals surface area (Å²) in [4.78, 5) is 17.2. The zero-order valence-corrected chi connectivity index (χ0v) is 36.1. The van der Waals surface area contributed by atoms with Crippen molar-refractivity contribution in [2.45, 2.75) is 156 Å². The Morgan fingerprint density at radius 1 is 0.782 bits per heavy atom. The van der Waals surface area contributed by atoms with Crippen LogP contribution < -0.4 is 5.32 Å². The van der Waals surface area contributed by atoms with Gasteiger partial charge in [-0.05, 0) is 56.5 Å². The molecule has 5 atom stereocenters. The van der Waals surface area contributed by atoms with Crippen LogP contribution in [-0.4, -0.2) is 88.3 Å². The summed E-state index contributed by atoms with van der Waals surface area (Å²) < 4.78 is 45.0. The van der Waals surface area contributed by atoms with Crippen LogP contribution in [0.2, 0.25) is 0 Å². The number of carbonyl (C=O) groups is 1. The third-order valence-electron chi connectivity index (χ3n) is 8.17. The summed E-state index contributed by atoms with van der Waals surface area (Å²) in [6.45, 7) is 18.7. The van der Waals surface area contributed by atoms with Crippen LogP contribution in [0.1, 0.15) is 138 Å². The first-order valence-corrected chi connectivity index (χ1v) is 21.7. The van der Waals surface area contributed by atoms with Crippen molar-refractivity contribution in [2.24, 2.45) is 22.1 Å². The van der Waals surface area contributed by atoms with Crippen LogP contribution in [0.3, 0.4) is 0 Å². The van der Waals surface area contributed by atoms with E-state index < -0.39 is 31.6 Å². The molecule has 0 spiro atoms. The van der Waals surface area contributed by atoms with Crippen molar-refractivity contribution in [1.82, 2.24) is 5.32 Å². The monoisotopic (exact) mass is 806 g/mol. The van der Waals surface area contributed by atoms with Gasteiger partial charge < -0.3 is 24.6 Å². The van der Waals surface area contributed by atoms with E-state index >= 15 is 0 Å². The van der Waals surface area contributed by atoms with E-state index in [-0.39, 0.29) is 39.6 Å². The molecule has 0 rings (SSSR count). The minimum Gasteiger partial charge on any atom is -0.444 e. The number of ether oxygens (including phenoxy) is 3. The molecule has 0 bridgehead atoms. The van der Waals surface area contributed by atoms with Gasteiger partial charge in [-0.15, -0.1) is 6.58 Å². The minimum absolute atomic E-state index is 0.0272. The van der Waals surface area contributed by atoms with Gasteiger partial charge in [0.05, 0.1) is 51.7 Å². The number of amides is 1. The number of hydrogen-bond donors (Lipinski definition) is 2. The number of phosphoric ester groups is 1. The average Bonchev–Trinajstić information content (AvgIpc) is 3.14. The second-order valence-corrected chi connectivity index (χ2v) is 16.5. The zero-order chi connectivity index (χ0) is 41.6. The second-order valence-electron chi connectivity index (χ2n) is 14.8. The molecule has 0 saturated carbocycles. The quantitative estimate of drug-likeness (QED) is 0.0155. The van der Waals surface area contributed by atoms with Gasteiger partial charge in [0.25, 0.3) is 0 Å². The van der Waals surface area contributed by atoms with Gasteiger partial charge >= 0.3 is 13.9 Å². The van der Waals surface area contributed by atoms with Gasteiger partial charge in [-0.3, -0.25) is 13.6 Å². The maximum Gasteiger partial charge on any atom is 0.475 e. The molecule has 0 saturated heterocycles. The Hall–Kier alpha value is -2.38. The molecule has 16 nitrogen and oxygen atoms in total. The molecule has 1 amide bonds. The summed E-state index contributed by atoms with van der Waals surface area (Å²) in [5.74, 6) is 1.23. The van der Waals surface area contributed by atoms with Crippen molar-refractivity contribution in [3.8, 4) is 0 Å². The molecule has 0 fully saturated rings. The molecule has 0 aliphatic carbocycles. The summed E-state index contributed by atoms with van der Waals surface area (Å²) in [6, 6.07) is -1.15. The van der Waals surface area contributed by atoms with Gasteiger partial charge in [-0.2, -0.15) is 0 Å². The first-order valence-electron chi connectivity index (χ1n) is 20.3. The van der Waals surface area contributed by atoms with Crippen molar-refractivity contribution in [3.05, 3.63) is 33.5 Å². The van der Waals surface area contributed by atoms with Gasteiger partial charge in [0.15, 0.2) is 0 Å². The minimum atomic E-state index is -3.99. The van der Waals surface area contributed by atoms with Crippen molar-refractivity contribution >= 4 is 13.9 Å². The van der Waals surface area contributed by atoms with Crippen molar-refractivity contribution < 1.29 is 42.2 Å². The molecule has 3 unspecified atom stereocenters. The number of azide groups is 2. The summed E-state index contributed by atoms with van der Waals surface area (Å²) in [5, 5.41) is 18.5. The van der Waals surface area contributed by atoms with Gasteiger partial charge in [-0.25, -0.2) is 9.36 Å². The Labute approximate surface area is 332 Å². The van der Waals surface area contributed by atoms with E-state index in [1.54, 1.807) is 20.8 Å². The number of hydrogen-bond acceptors (Lipinski definition) is 11. The molecule has 0 aliphatic rings. The Morgan fingerprint density at radius 2 is 1.29 bits per heavy atom.